The van der Waals surface area contributed by atoms with E-state index in [4.69, 9.17) is 16.1 Å². The highest BCUT2D eigenvalue weighted by Gasteiger charge is 2.09. The van der Waals surface area contributed by atoms with E-state index in [1.54, 1.807) is 30.5 Å². The van der Waals surface area contributed by atoms with Crippen LogP contribution in [0.5, 0.6) is 0 Å². The Morgan fingerprint density at radius 1 is 1.31 bits per heavy atom. The Hall–Kier alpha value is -2.45. The van der Waals surface area contributed by atoms with Gasteiger partial charge in [-0.25, -0.2) is 4.98 Å². The first kappa shape index (κ1) is 18.3. The number of nitrogens with one attached hydrogen (secondary N) is 2. The predicted molar refractivity (Wildman–Crippen MR) is 104 cm³/mol. The van der Waals surface area contributed by atoms with Crippen molar-refractivity contribution in [3.05, 3.63) is 51.3 Å². The fraction of sp³-hybridized carbons (Fsp3) is 0.294. The molecule has 3 rings (SSSR count). The summed E-state index contributed by atoms with van der Waals surface area (Å²) >= 11 is 7.65. The summed E-state index contributed by atoms with van der Waals surface area (Å²) in [4.78, 5) is 13.0. The maximum absolute atomic E-state index is 5.99. The van der Waals surface area contributed by atoms with E-state index in [2.05, 4.69) is 36.1 Å². The van der Waals surface area contributed by atoms with Crippen LogP contribution in [0.1, 0.15) is 16.6 Å². The van der Waals surface area contributed by atoms with Gasteiger partial charge < -0.3 is 15.2 Å². The van der Waals surface area contributed by atoms with Crippen molar-refractivity contribution in [3.63, 3.8) is 0 Å². The van der Waals surface area contributed by atoms with Crippen LogP contribution in [0, 0.1) is 6.92 Å². The van der Waals surface area contributed by atoms with Crippen LogP contribution in [0.25, 0.3) is 11.4 Å². The third-order valence-corrected chi connectivity index (χ3v) is 4.58. The molecule has 1 aromatic carbocycles. The Morgan fingerprint density at radius 3 is 2.92 bits per heavy atom. The molecule has 3 aromatic rings. The standard InChI is InChI=1S/C17H19ClN6OS/c1-11-22-14(10-26-11)6-7-20-17(19-2)21-9-15-23-16(24-25-15)12-4-3-5-13(18)8-12/h3-5,8,10H,6-7,9H2,1-2H3,(H2,19,20,21). The Bertz CT molecular complexity index is 891. The molecule has 26 heavy (non-hydrogen) atoms. The number of aryl methyl sites for hydroxylation is 1. The zero-order chi connectivity index (χ0) is 18.4. The van der Waals surface area contributed by atoms with E-state index in [1.165, 1.54) is 0 Å². The first-order valence-corrected chi connectivity index (χ1v) is 9.34. The van der Waals surface area contributed by atoms with Crippen LogP contribution in [0.4, 0.5) is 0 Å². The zero-order valence-corrected chi connectivity index (χ0v) is 16.1. The van der Waals surface area contributed by atoms with Gasteiger partial charge >= 0.3 is 0 Å². The molecular weight excluding hydrogens is 372 g/mol. The minimum atomic E-state index is 0.378. The first-order valence-electron chi connectivity index (χ1n) is 8.08. The second kappa shape index (κ2) is 8.77. The number of rotatable bonds is 6. The summed E-state index contributed by atoms with van der Waals surface area (Å²) in [6.07, 6.45) is 0.838. The molecule has 2 aromatic heterocycles. The van der Waals surface area contributed by atoms with Crippen molar-refractivity contribution in [2.45, 2.75) is 19.9 Å². The van der Waals surface area contributed by atoms with Crippen LogP contribution in [0.15, 0.2) is 39.2 Å². The molecule has 0 fully saturated rings. The summed E-state index contributed by atoms with van der Waals surface area (Å²) in [5.41, 5.74) is 1.90. The maximum Gasteiger partial charge on any atom is 0.246 e. The molecule has 2 heterocycles. The number of benzene rings is 1. The summed E-state index contributed by atoms with van der Waals surface area (Å²) < 4.78 is 5.27. The molecular formula is C17H19ClN6OS. The normalized spacial score (nSPS) is 11.6. The van der Waals surface area contributed by atoms with Crippen molar-refractivity contribution in [3.8, 4) is 11.4 Å². The van der Waals surface area contributed by atoms with Crippen LogP contribution in [-0.2, 0) is 13.0 Å². The summed E-state index contributed by atoms with van der Waals surface area (Å²) in [6, 6.07) is 7.33. The smallest absolute Gasteiger partial charge is 0.246 e. The van der Waals surface area contributed by atoms with Gasteiger partial charge in [0.05, 0.1) is 17.2 Å². The van der Waals surface area contributed by atoms with E-state index in [9.17, 15) is 0 Å². The van der Waals surface area contributed by atoms with E-state index in [1.807, 2.05) is 19.1 Å². The van der Waals surface area contributed by atoms with Crippen molar-refractivity contribution < 1.29 is 4.52 Å². The molecule has 0 aliphatic carbocycles. The van der Waals surface area contributed by atoms with Gasteiger partial charge in [-0.3, -0.25) is 4.99 Å². The van der Waals surface area contributed by atoms with E-state index in [-0.39, 0.29) is 0 Å². The minimum absolute atomic E-state index is 0.378. The van der Waals surface area contributed by atoms with E-state index in [0.29, 0.717) is 29.2 Å². The third-order valence-electron chi connectivity index (χ3n) is 3.52. The number of hydrogen-bond acceptors (Lipinski definition) is 6. The highest BCUT2D eigenvalue weighted by molar-refractivity contribution is 7.09. The lowest BCUT2D eigenvalue weighted by Gasteiger charge is -2.09. The molecule has 0 aliphatic rings. The van der Waals surface area contributed by atoms with Gasteiger partial charge in [-0.1, -0.05) is 28.9 Å². The second-order valence-electron chi connectivity index (χ2n) is 5.48. The quantitative estimate of drug-likeness (QED) is 0.496. The van der Waals surface area contributed by atoms with Crippen LogP contribution >= 0.6 is 22.9 Å². The number of aromatic nitrogens is 3. The van der Waals surface area contributed by atoms with Gasteiger partial charge in [-0.05, 0) is 19.1 Å². The zero-order valence-electron chi connectivity index (χ0n) is 14.5. The average Bonchev–Trinajstić information content (AvgIpc) is 3.27. The Kier molecular flexibility index (Phi) is 6.19. The molecule has 0 aliphatic heterocycles. The summed E-state index contributed by atoms with van der Waals surface area (Å²) in [7, 11) is 1.72. The van der Waals surface area contributed by atoms with Gasteiger partial charge in [0.2, 0.25) is 11.7 Å². The van der Waals surface area contributed by atoms with Crippen molar-refractivity contribution in [2.24, 2.45) is 4.99 Å². The van der Waals surface area contributed by atoms with Crippen LogP contribution in [0.2, 0.25) is 5.02 Å². The molecule has 9 heteroatoms. The molecule has 0 spiro atoms. The van der Waals surface area contributed by atoms with Gasteiger partial charge in [-0.2, -0.15) is 4.98 Å². The first-order chi connectivity index (χ1) is 12.6. The van der Waals surface area contributed by atoms with Crippen molar-refractivity contribution in [2.75, 3.05) is 13.6 Å². The van der Waals surface area contributed by atoms with Crippen LogP contribution in [-0.4, -0.2) is 34.7 Å². The average molecular weight is 391 g/mol. The molecule has 0 radical (unpaired) electrons. The van der Waals surface area contributed by atoms with Crippen LogP contribution < -0.4 is 10.6 Å². The van der Waals surface area contributed by atoms with Gasteiger partial charge in [0.1, 0.15) is 0 Å². The summed E-state index contributed by atoms with van der Waals surface area (Å²) in [5.74, 6) is 1.64. The molecule has 0 amide bonds. The molecule has 0 atom stereocenters. The van der Waals surface area contributed by atoms with Gasteiger partial charge in [0.15, 0.2) is 5.96 Å². The lowest BCUT2D eigenvalue weighted by Crippen LogP contribution is -2.37. The lowest BCUT2D eigenvalue weighted by atomic mass is 10.2. The fourth-order valence-corrected chi connectivity index (χ4v) is 3.12. The molecule has 2 N–H and O–H groups in total. The van der Waals surface area contributed by atoms with Gasteiger partial charge in [0.25, 0.3) is 0 Å². The maximum atomic E-state index is 5.99. The van der Waals surface area contributed by atoms with E-state index < -0.39 is 0 Å². The van der Waals surface area contributed by atoms with Gasteiger partial charge in [0, 0.05) is 36.0 Å². The molecule has 136 valence electrons. The van der Waals surface area contributed by atoms with E-state index >= 15 is 0 Å². The number of hydrogen-bond donors (Lipinski definition) is 2. The predicted octanol–water partition coefficient (Wildman–Crippen LogP) is 3.06. The highest BCUT2D eigenvalue weighted by Crippen LogP contribution is 2.19. The van der Waals surface area contributed by atoms with Crippen molar-refractivity contribution in [1.29, 1.82) is 0 Å². The van der Waals surface area contributed by atoms with Gasteiger partial charge in [-0.15, -0.1) is 11.3 Å². The van der Waals surface area contributed by atoms with E-state index in [0.717, 1.165) is 29.2 Å². The molecule has 0 unspecified atom stereocenters. The highest BCUT2D eigenvalue weighted by atomic mass is 35.5. The van der Waals surface area contributed by atoms with Crippen LogP contribution in [0.3, 0.4) is 0 Å². The number of guanidine groups is 1. The number of nitrogens with zero attached hydrogens (tertiary/aromatic N) is 4. The topological polar surface area (TPSA) is 88.2 Å². The monoisotopic (exact) mass is 390 g/mol. The molecule has 7 nitrogen and oxygen atoms in total. The Balaban J connectivity index is 1.49. The number of halogens is 1. The largest absolute Gasteiger partial charge is 0.356 e. The lowest BCUT2D eigenvalue weighted by molar-refractivity contribution is 0.375. The van der Waals surface area contributed by atoms with Crippen molar-refractivity contribution in [1.82, 2.24) is 25.8 Å². The Morgan fingerprint density at radius 2 is 2.19 bits per heavy atom. The molecule has 0 saturated carbocycles. The third kappa shape index (κ3) is 5.03. The summed E-state index contributed by atoms with van der Waals surface area (Å²) in [6.45, 7) is 3.12. The SMILES string of the molecule is CN=C(NCCc1csc(C)n1)NCc1nc(-c2cccc(Cl)c2)no1. The molecule has 0 saturated heterocycles. The molecule has 0 bridgehead atoms. The summed E-state index contributed by atoms with van der Waals surface area (Å²) in [5, 5.41) is 14.2. The second-order valence-corrected chi connectivity index (χ2v) is 6.98. The van der Waals surface area contributed by atoms with Crippen molar-refractivity contribution >= 4 is 28.9 Å². The number of thiazole rings is 1. The fourth-order valence-electron chi connectivity index (χ4n) is 2.28. The minimum Gasteiger partial charge on any atom is -0.356 e. The Labute approximate surface area is 160 Å². The number of aliphatic imine (C=N–C) groups is 1.